The molecule has 1 aliphatic heterocycles. The van der Waals surface area contributed by atoms with Gasteiger partial charge in [-0.2, -0.15) is 0 Å². The highest BCUT2D eigenvalue weighted by molar-refractivity contribution is 5.88. The number of nitrogens with one attached hydrogen (secondary N) is 1. The molecule has 1 aliphatic rings. The first-order valence-electron chi connectivity index (χ1n) is 8.51. The van der Waals surface area contributed by atoms with Gasteiger partial charge in [0.25, 0.3) is 5.56 Å². The van der Waals surface area contributed by atoms with E-state index in [1.807, 2.05) is 11.9 Å². The van der Waals surface area contributed by atoms with Crippen LogP contribution in [-0.2, 0) is 4.79 Å². The van der Waals surface area contributed by atoms with Crippen LogP contribution in [0, 0.1) is 0 Å². The fraction of sp³-hybridized carbons (Fsp3) is 0.333. The lowest BCUT2D eigenvalue weighted by atomic mass is 10.1. The van der Waals surface area contributed by atoms with Gasteiger partial charge in [0, 0.05) is 44.5 Å². The second kappa shape index (κ2) is 8.00. The van der Waals surface area contributed by atoms with Crippen molar-refractivity contribution >= 4 is 11.6 Å². The number of aromatic nitrogens is 3. The number of anilines is 1. The first kappa shape index (κ1) is 18.6. The first-order chi connectivity index (χ1) is 13.0. The summed E-state index contributed by atoms with van der Waals surface area (Å²) in [6, 6.07) is 1.83. The molecule has 0 radical (unpaired) electrons. The number of hydrogen-bond donors (Lipinski definition) is 2. The Balaban J connectivity index is 1.76. The Labute approximate surface area is 156 Å². The molecule has 9 heteroatoms. The minimum Gasteiger partial charge on any atom is -0.480 e. The summed E-state index contributed by atoms with van der Waals surface area (Å²) in [5.74, 6) is 0.326. The summed E-state index contributed by atoms with van der Waals surface area (Å²) in [4.78, 5) is 39.0. The third-order valence-electron chi connectivity index (χ3n) is 4.50. The number of likely N-dealkylation sites (tertiary alicyclic amines) is 1. The topological polar surface area (TPSA) is 117 Å². The minimum absolute atomic E-state index is 0.0629. The molecule has 3 N–H and O–H groups in total. The number of pyridine rings is 1. The SMILES string of the molecule is COc1cncc(-c2c[nH]c(=O)c(N(C)C3CN(C(=O)C=CCN)C3)c2)n1. The molecule has 27 heavy (non-hydrogen) atoms. The molecule has 3 heterocycles. The number of rotatable bonds is 6. The van der Waals surface area contributed by atoms with E-state index in [0.29, 0.717) is 36.9 Å². The normalized spacial score (nSPS) is 14.3. The van der Waals surface area contributed by atoms with Crippen LogP contribution in [-0.4, -0.2) is 65.6 Å². The molecule has 0 saturated carbocycles. The number of hydrogen-bond acceptors (Lipinski definition) is 7. The number of ether oxygens (including phenoxy) is 1. The molecule has 0 unspecified atom stereocenters. The van der Waals surface area contributed by atoms with Crippen molar-refractivity contribution in [1.82, 2.24) is 19.9 Å². The summed E-state index contributed by atoms with van der Waals surface area (Å²) in [7, 11) is 3.36. The summed E-state index contributed by atoms with van der Waals surface area (Å²) in [6.45, 7) is 1.43. The lowest BCUT2D eigenvalue weighted by Crippen LogP contribution is -2.60. The van der Waals surface area contributed by atoms with E-state index in [4.69, 9.17) is 10.5 Å². The molecule has 3 rings (SSSR count). The van der Waals surface area contributed by atoms with Crippen LogP contribution in [0.2, 0.25) is 0 Å². The predicted molar refractivity (Wildman–Crippen MR) is 102 cm³/mol. The van der Waals surface area contributed by atoms with Gasteiger partial charge in [0.2, 0.25) is 11.8 Å². The van der Waals surface area contributed by atoms with Crippen LogP contribution < -0.4 is 20.9 Å². The predicted octanol–water partition coefficient (Wildman–Crippen LogP) is 0.00240. The van der Waals surface area contributed by atoms with Crippen molar-refractivity contribution in [3.63, 3.8) is 0 Å². The van der Waals surface area contributed by atoms with Crippen molar-refractivity contribution in [3.8, 4) is 17.1 Å². The summed E-state index contributed by atoms with van der Waals surface area (Å²) in [6.07, 6.45) is 7.82. The van der Waals surface area contributed by atoms with Crippen molar-refractivity contribution in [2.75, 3.05) is 38.7 Å². The van der Waals surface area contributed by atoms with Gasteiger partial charge in [0.05, 0.1) is 31.2 Å². The summed E-state index contributed by atoms with van der Waals surface area (Å²) < 4.78 is 5.10. The van der Waals surface area contributed by atoms with E-state index >= 15 is 0 Å². The van der Waals surface area contributed by atoms with Gasteiger partial charge in [-0.25, -0.2) is 4.98 Å². The van der Waals surface area contributed by atoms with Gasteiger partial charge in [0.1, 0.15) is 5.69 Å². The molecule has 2 aromatic rings. The van der Waals surface area contributed by atoms with Gasteiger partial charge in [-0.15, -0.1) is 0 Å². The van der Waals surface area contributed by atoms with Crippen molar-refractivity contribution in [2.24, 2.45) is 5.73 Å². The maximum Gasteiger partial charge on any atom is 0.271 e. The van der Waals surface area contributed by atoms with E-state index in [1.54, 1.807) is 29.4 Å². The molecular weight excluding hydrogens is 348 g/mol. The number of aromatic amines is 1. The molecule has 0 bridgehead atoms. The third-order valence-corrected chi connectivity index (χ3v) is 4.50. The fourth-order valence-corrected chi connectivity index (χ4v) is 2.82. The zero-order valence-corrected chi connectivity index (χ0v) is 15.3. The Kier molecular flexibility index (Phi) is 5.51. The number of amides is 1. The molecule has 9 nitrogen and oxygen atoms in total. The van der Waals surface area contributed by atoms with E-state index < -0.39 is 0 Å². The number of nitrogens with two attached hydrogens (primary N) is 1. The van der Waals surface area contributed by atoms with E-state index in [9.17, 15) is 9.59 Å². The fourth-order valence-electron chi connectivity index (χ4n) is 2.82. The van der Waals surface area contributed by atoms with Crippen molar-refractivity contribution in [3.05, 3.63) is 47.2 Å². The van der Waals surface area contributed by atoms with Crippen LogP contribution in [0.5, 0.6) is 5.88 Å². The maximum absolute atomic E-state index is 12.3. The standard InChI is InChI=1S/C18H22N6O3/c1-23(13-10-24(11-13)17(25)4-3-5-19)15-6-12(7-21-18(15)26)14-8-20-9-16(22-14)27-2/h3-4,6-9,13H,5,10-11,19H2,1-2H3,(H,21,26). The van der Waals surface area contributed by atoms with Crippen LogP contribution in [0.25, 0.3) is 11.3 Å². The Bertz CT molecular complexity index is 904. The summed E-state index contributed by atoms with van der Waals surface area (Å²) >= 11 is 0. The van der Waals surface area contributed by atoms with Crippen LogP contribution in [0.3, 0.4) is 0 Å². The number of carbonyl (C=O) groups excluding carboxylic acids is 1. The number of carbonyl (C=O) groups is 1. The van der Waals surface area contributed by atoms with Crippen molar-refractivity contribution in [1.29, 1.82) is 0 Å². The van der Waals surface area contributed by atoms with Crippen LogP contribution >= 0.6 is 0 Å². The first-order valence-corrected chi connectivity index (χ1v) is 8.51. The lowest BCUT2D eigenvalue weighted by Gasteiger charge is -2.44. The van der Waals surface area contributed by atoms with E-state index in [-0.39, 0.29) is 17.5 Å². The zero-order chi connectivity index (χ0) is 19.4. The lowest BCUT2D eigenvalue weighted by molar-refractivity contribution is -0.130. The summed E-state index contributed by atoms with van der Waals surface area (Å²) in [5.41, 5.74) is 6.98. The van der Waals surface area contributed by atoms with Gasteiger partial charge in [-0.1, -0.05) is 6.08 Å². The second-order valence-electron chi connectivity index (χ2n) is 6.20. The molecule has 1 saturated heterocycles. The zero-order valence-electron chi connectivity index (χ0n) is 15.3. The number of methoxy groups -OCH3 is 1. The molecule has 2 aromatic heterocycles. The molecule has 1 amide bonds. The molecule has 0 spiro atoms. The second-order valence-corrected chi connectivity index (χ2v) is 6.20. The van der Waals surface area contributed by atoms with Crippen molar-refractivity contribution < 1.29 is 9.53 Å². The quantitative estimate of drug-likeness (QED) is 0.687. The highest BCUT2D eigenvalue weighted by Crippen LogP contribution is 2.23. The van der Waals surface area contributed by atoms with Gasteiger partial charge in [-0.05, 0) is 6.07 Å². The molecule has 0 aliphatic carbocycles. The van der Waals surface area contributed by atoms with Crippen LogP contribution in [0.4, 0.5) is 5.69 Å². The smallest absolute Gasteiger partial charge is 0.271 e. The monoisotopic (exact) mass is 370 g/mol. The number of nitrogens with zero attached hydrogens (tertiary/aromatic N) is 4. The number of likely N-dealkylation sites (N-methyl/N-ethyl adjacent to an activating group) is 1. The average molecular weight is 370 g/mol. The van der Waals surface area contributed by atoms with E-state index in [1.165, 1.54) is 19.4 Å². The average Bonchev–Trinajstić information content (AvgIpc) is 2.65. The maximum atomic E-state index is 12.3. The highest BCUT2D eigenvalue weighted by Gasteiger charge is 2.33. The Morgan fingerprint density at radius 2 is 2.26 bits per heavy atom. The number of H-pyrrole nitrogens is 1. The Morgan fingerprint density at radius 3 is 2.96 bits per heavy atom. The van der Waals surface area contributed by atoms with Crippen molar-refractivity contribution in [2.45, 2.75) is 6.04 Å². The third kappa shape index (κ3) is 3.98. The molecule has 1 fully saturated rings. The molecule has 0 aromatic carbocycles. The molecular formula is C18H22N6O3. The van der Waals surface area contributed by atoms with E-state index in [2.05, 4.69) is 15.0 Å². The van der Waals surface area contributed by atoms with Crippen LogP contribution in [0.15, 0.2) is 41.6 Å². The molecule has 0 atom stereocenters. The Hall–Kier alpha value is -3.20. The summed E-state index contributed by atoms with van der Waals surface area (Å²) in [5, 5.41) is 0. The van der Waals surface area contributed by atoms with Gasteiger partial charge in [0.15, 0.2) is 0 Å². The van der Waals surface area contributed by atoms with Gasteiger partial charge < -0.3 is 25.3 Å². The van der Waals surface area contributed by atoms with Crippen LogP contribution in [0.1, 0.15) is 0 Å². The highest BCUT2D eigenvalue weighted by atomic mass is 16.5. The van der Waals surface area contributed by atoms with Gasteiger partial charge in [-0.3, -0.25) is 14.6 Å². The van der Waals surface area contributed by atoms with E-state index in [0.717, 1.165) is 5.56 Å². The minimum atomic E-state index is -0.204. The molecule has 142 valence electrons. The van der Waals surface area contributed by atoms with Gasteiger partial charge >= 0.3 is 0 Å². The Morgan fingerprint density at radius 1 is 1.48 bits per heavy atom. The largest absolute Gasteiger partial charge is 0.480 e.